The third-order valence-corrected chi connectivity index (χ3v) is 4.93. The van der Waals surface area contributed by atoms with Crippen LogP contribution < -0.4 is 10.1 Å². The van der Waals surface area contributed by atoms with Crippen molar-refractivity contribution < 1.29 is 23.5 Å². The average molecular weight is 368 g/mol. The molecule has 0 saturated carbocycles. The van der Waals surface area contributed by atoms with Crippen LogP contribution in [-0.4, -0.2) is 43.7 Å². The second-order valence-electron chi connectivity index (χ2n) is 6.45. The quantitative estimate of drug-likeness (QED) is 0.712. The van der Waals surface area contributed by atoms with E-state index in [1.54, 1.807) is 13.2 Å². The number of carbonyl (C=O) groups is 2. The first-order chi connectivity index (χ1) is 13.1. The van der Waals surface area contributed by atoms with Crippen molar-refractivity contribution in [2.45, 2.75) is 18.9 Å². The normalized spacial score (nSPS) is 16.7. The minimum atomic E-state index is -0.559. The predicted molar refractivity (Wildman–Crippen MR) is 101 cm³/mol. The van der Waals surface area contributed by atoms with E-state index in [1.807, 2.05) is 30.3 Å². The maximum Gasteiger partial charge on any atom is 0.328 e. The highest BCUT2D eigenvalue weighted by Crippen LogP contribution is 2.36. The number of nitrogens with zero attached hydrogens (tertiary/aromatic N) is 1. The predicted octanol–water partition coefficient (Wildman–Crippen LogP) is 3.76. The number of rotatable bonds is 3. The van der Waals surface area contributed by atoms with Crippen molar-refractivity contribution in [1.82, 2.24) is 4.90 Å². The second-order valence-corrected chi connectivity index (χ2v) is 6.45. The molecule has 1 aromatic heterocycles. The lowest BCUT2D eigenvalue weighted by atomic mass is 10.1. The fourth-order valence-electron chi connectivity index (χ4n) is 3.60. The zero-order valence-electron chi connectivity index (χ0n) is 15.2. The molecule has 1 saturated heterocycles. The van der Waals surface area contributed by atoms with Gasteiger partial charge in [-0.2, -0.15) is 0 Å². The summed E-state index contributed by atoms with van der Waals surface area (Å²) in [4.78, 5) is 26.1. The molecule has 1 atom stereocenters. The summed E-state index contributed by atoms with van der Waals surface area (Å²) in [5.41, 5.74) is 1.91. The number of likely N-dealkylation sites (tertiary alicyclic amines) is 1. The Balaban J connectivity index is 1.67. The van der Waals surface area contributed by atoms with Gasteiger partial charge in [-0.15, -0.1) is 0 Å². The number of urea groups is 1. The molecular weight excluding hydrogens is 348 g/mol. The Morgan fingerprint density at radius 1 is 1.15 bits per heavy atom. The minimum Gasteiger partial charge on any atom is -0.495 e. The lowest BCUT2D eigenvalue weighted by Gasteiger charge is -2.23. The topological polar surface area (TPSA) is 81.0 Å². The van der Waals surface area contributed by atoms with Gasteiger partial charge in [-0.3, -0.25) is 0 Å². The molecule has 2 aromatic carbocycles. The van der Waals surface area contributed by atoms with Gasteiger partial charge in [-0.1, -0.05) is 18.2 Å². The maximum absolute atomic E-state index is 12.7. The minimum absolute atomic E-state index is 0.364. The van der Waals surface area contributed by atoms with E-state index < -0.39 is 12.0 Å². The van der Waals surface area contributed by atoms with Gasteiger partial charge in [0.1, 0.15) is 23.0 Å². The van der Waals surface area contributed by atoms with Crippen LogP contribution in [0, 0.1) is 0 Å². The maximum atomic E-state index is 12.7. The molecule has 2 amide bonds. The van der Waals surface area contributed by atoms with E-state index >= 15 is 0 Å². The van der Waals surface area contributed by atoms with Crippen LogP contribution in [0.1, 0.15) is 12.8 Å². The molecule has 7 nitrogen and oxygen atoms in total. The first-order valence-corrected chi connectivity index (χ1v) is 8.77. The summed E-state index contributed by atoms with van der Waals surface area (Å²) in [7, 11) is 2.88. The highest BCUT2D eigenvalue weighted by atomic mass is 16.5. The van der Waals surface area contributed by atoms with Gasteiger partial charge in [0, 0.05) is 23.4 Å². The van der Waals surface area contributed by atoms with E-state index in [0.29, 0.717) is 30.0 Å². The number of ether oxygens (including phenoxy) is 2. The Bertz CT molecular complexity index is 1030. The Hall–Kier alpha value is -3.22. The SMILES string of the molecule is COC(=O)C1CCCN1C(=O)Nc1cc2oc3ccccc3c2cc1OC. The first kappa shape index (κ1) is 17.2. The molecule has 27 heavy (non-hydrogen) atoms. The van der Waals surface area contributed by atoms with E-state index in [0.717, 1.165) is 22.8 Å². The number of methoxy groups -OCH3 is 2. The van der Waals surface area contributed by atoms with Gasteiger partial charge < -0.3 is 24.1 Å². The summed E-state index contributed by atoms with van der Waals surface area (Å²) < 4.78 is 16.1. The number of carbonyl (C=O) groups excluding carboxylic acids is 2. The molecule has 0 aliphatic carbocycles. The zero-order valence-corrected chi connectivity index (χ0v) is 15.2. The van der Waals surface area contributed by atoms with Gasteiger partial charge in [0.2, 0.25) is 0 Å². The summed E-state index contributed by atoms with van der Waals surface area (Å²) in [6, 6.07) is 10.4. The molecule has 1 unspecified atom stereocenters. The van der Waals surface area contributed by atoms with Gasteiger partial charge in [0.05, 0.1) is 19.9 Å². The van der Waals surface area contributed by atoms with Crippen LogP contribution in [0.2, 0.25) is 0 Å². The highest BCUT2D eigenvalue weighted by molar-refractivity contribution is 6.07. The van der Waals surface area contributed by atoms with Gasteiger partial charge in [0.15, 0.2) is 0 Å². The van der Waals surface area contributed by atoms with Gasteiger partial charge in [0.25, 0.3) is 0 Å². The number of hydrogen-bond acceptors (Lipinski definition) is 5. The van der Waals surface area contributed by atoms with Crippen molar-refractivity contribution in [2.24, 2.45) is 0 Å². The molecule has 0 radical (unpaired) electrons. The smallest absolute Gasteiger partial charge is 0.328 e. The summed E-state index contributed by atoms with van der Waals surface area (Å²) in [5.74, 6) is 0.124. The number of fused-ring (bicyclic) bond motifs is 3. The molecular formula is C20H20N2O5. The first-order valence-electron chi connectivity index (χ1n) is 8.77. The summed E-state index contributed by atoms with van der Waals surface area (Å²) in [5, 5.41) is 4.73. The monoisotopic (exact) mass is 368 g/mol. The summed E-state index contributed by atoms with van der Waals surface area (Å²) in [6.07, 6.45) is 1.35. The van der Waals surface area contributed by atoms with Crippen LogP contribution in [0.25, 0.3) is 21.9 Å². The Labute approximate surface area is 155 Å². The van der Waals surface area contributed by atoms with Gasteiger partial charge in [-0.25, -0.2) is 9.59 Å². The van der Waals surface area contributed by atoms with E-state index in [4.69, 9.17) is 13.9 Å². The summed E-state index contributed by atoms with van der Waals surface area (Å²) >= 11 is 0. The molecule has 1 aliphatic rings. The number of hydrogen-bond donors (Lipinski definition) is 1. The van der Waals surface area contributed by atoms with E-state index in [2.05, 4.69) is 5.32 Å². The lowest BCUT2D eigenvalue weighted by molar-refractivity contribution is -0.144. The average Bonchev–Trinajstić information content (AvgIpc) is 3.31. The molecule has 1 aliphatic heterocycles. The lowest BCUT2D eigenvalue weighted by Crippen LogP contribution is -2.43. The van der Waals surface area contributed by atoms with Crippen LogP contribution >= 0.6 is 0 Å². The highest BCUT2D eigenvalue weighted by Gasteiger charge is 2.35. The van der Waals surface area contributed by atoms with Crippen molar-refractivity contribution in [2.75, 3.05) is 26.1 Å². The van der Waals surface area contributed by atoms with Gasteiger partial charge >= 0.3 is 12.0 Å². The Morgan fingerprint density at radius 3 is 2.74 bits per heavy atom. The third kappa shape index (κ3) is 2.95. The second kappa shape index (κ2) is 6.83. The van der Waals surface area contributed by atoms with Crippen LogP contribution in [-0.2, 0) is 9.53 Å². The number of benzene rings is 2. The molecule has 2 heterocycles. The molecule has 0 spiro atoms. The van der Waals surface area contributed by atoms with Crippen molar-refractivity contribution in [1.29, 1.82) is 0 Å². The van der Waals surface area contributed by atoms with E-state index in [9.17, 15) is 9.59 Å². The van der Waals surface area contributed by atoms with Crippen LogP contribution in [0.15, 0.2) is 40.8 Å². The van der Waals surface area contributed by atoms with E-state index in [-0.39, 0.29) is 6.03 Å². The zero-order chi connectivity index (χ0) is 19.0. The Morgan fingerprint density at radius 2 is 1.96 bits per heavy atom. The van der Waals surface area contributed by atoms with Gasteiger partial charge in [-0.05, 0) is 25.0 Å². The molecule has 0 bridgehead atoms. The molecule has 140 valence electrons. The van der Waals surface area contributed by atoms with Crippen LogP contribution in [0.3, 0.4) is 0 Å². The fourth-order valence-corrected chi connectivity index (χ4v) is 3.60. The molecule has 7 heteroatoms. The van der Waals surface area contributed by atoms with Crippen molar-refractivity contribution in [3.05, 3.63) is 36.4 Å². The molecule has 1 fully saturated rings. The molecule has 4 rings (SSSR count). The molecule has 3 aromatic rings. The largest absolute Gasteiger partial charge is 0.495 e. The van der Waals surface area contributed by atoms with Crippen molar-refractivity contribution in [3.63, 3.8) is 0 Å². The van der Waals surface area contributed by atoms with Crippen LogP contribution in [0.4, 0.5) is 10.5 Å². The molecule has 1 N–H and O–H groups in total. The standard InChI is InChI=1S/C20H20N2O5/c1-25-18-10-13-12-6-3-4-8-16(12)27-17(13)11-14(18)21-20(24)22-9-5-7-15(22)19(23)26-2/h3-4,6,8,10-11,15H,5,7,9H2,1-2H3,(H,21,24). The van der Waals surface area contributed by atoms with Crippen LogP contribution in [0.5, 0.6) is 5.75 Å². The third-order valence-electron chi connectivity index (χ3n) is 4.93. The summed E-state index contributed by atoms with van der Waals surface area (Å²) in [6.45, 7) is 0.501. The Kier molecular flexibility index (Phi) is 4.35. The number of anilines is 1. The van der Waals surface area contributed by atoms with Crippen molar-refractivity contribution in [3.8, 4) is 5.75 Å². The number of esters is 1. The van der Waals surface area contributed by atoms with Crippen molar-refractivity contribution >= 4 is 39.6 Å². The number of furan rings is 1. The number of nitrogens with one attached hydrogen (secondary N) is 1. The number of amides is 2. The number of para-hydroxylation sites is 1. The fraction of sp³-hybridized carbons (Fsp3) is 0.300. The van der Waals surface area contributed by atoms with E-state index in [1.165, 1.54) is 12.0 Å².